The molecule has 0 saturated carbocycles. The minimum Gasteiger partial charge on any atom is -0.462 e. The normalized spacial score (nSPS) is 14.2. The third-order valence-electron chi connectivity index (χ3n) is 20.2. The van der Waals surface area contributed by atoms with Crippen molar-refractivity contribution >= 4 is 39.5 Å². The minimum atomic E-state index is -4.97. The number of aliphatic hydroxyl groups excluding tert-OH is 1. The van der Waals surface area contributed by atoms with E-state index in [2.05, 4.69) is 48.5 Å². The number of phosphoric ester groups is 2. The number of ether oxygens (including phenoxy) is 4. The van der Waals surface area contributed by atoms with Gasteiger partial charge in [0.15, 0.2) is 12.2 Å². The van der Waals surface area contributed by atoms with Crippen LogP contribution in [0, 0.1) is 17.8 Å². The summed E-state index contributed by atoms with van der Waals surface area (Å²) >= 11 is 0. The molecule has 0 aromatic carbocycles. The highest BCUT2D eigenvalue weighted by Crippen LogP contribution is 2.45. The van der Waals surface area contributed by atoms with Crippen molar-refractivity contribution in [2.24, 2.45) is 17.8 Å². The first kappa shape index (κ1) is 102. The lowest BCUT2D eigenvalue weighted by Gasteiger charge is -2.21. The third kappa shape index (κ3) is 76.8. The van der Waals surface area contributed by atoms with E-state index in [1.54, 1.807) is 0 Å². The third-order valence-corrected chi connectivity index (χ3v) is 22.1. The molecule has 3 unspecified atom stereocenters. The van der Waals surface area contributed by atoms with E-state index >= 15 is 0 Å². The molecule has 0 bridgehead atoms. The molecule has 0 aliphatic rings. The van der Waals surface area contributed by atoms with E-state index in [4.69, 9.17) is 37.0 Å². The van der Waals surface area contributed by atoms with E-state index in [0.717, 1.165) is 108 Å². The van der Waals surface area contributed by atoms with E-state index < -0.39 is 97.5 Å². The molecule has 0 fully saturated rings. The van der Waals surface area contributed by atoms with Crippen LogP contribution in [0.4, 0.5) is 0 Å². The predicted octanol–water partition coefficient (Wildman–Crippen LogP) is 25.7. The van der Waals surface area contributed by atoms with Crippen LogP contribution >= 0.6 is 15.6 Å². The molecule has 0 spiro atoms. The molecule has 0 aromatic heterocycles. The standard InChI is InChI=1S/C85H166O17P2/c1-8-10-11-12-13-14-15-16-17-18-19-20-21-22-23-24-25-33-38-47-54-61-68-84(89)101-80(72-95-82(87)66-59-52-45-37-32-28-26-30-35-42-49-56-63-76(3)4)74-99-103(91,92)97-70-79(86)71-98-104(93,94)100-75-81(73-96-83(88)67-60-53-46-41-40-44-51-58-65-78(7)9-2)102-85(90)69-62-55-48-39-34-29-27-31-36-43-50-57-64-77(5)6/h76-81,86H,8-75H2,1-7H3,(H,91,92)(H,93,94)/t78?,79-,80-,81-/m1/s1. The van der Waals surface area contributed by atoms with Gasteiger partial charge in [-0.15, -0.1) is 0 Å². The Balaban J connectivity index is 5.24. The van der Waals surface area contributed by atoms with E-state index in [-0.39, 0.29) is 25.7 Å². The monoisotopic (exact) mass is 1520 g/mol. The number of aliphatic hydroxyl groups is 1. The zero-order chi connectivity index (χ0) is 76.5. The van der Waals surface area contributed by atoms with E-state index in [1.165, 1.54) is 257 Å². The Bertz CT molecular complexity index is 2010. The number of unbranched alkanes of at least 4 members (excludes halogenated alkanes) is 50. The number of rotatable bonds is 83. The average Bonchev–Trinajstić information content (AvgIpc) is 0.928. The van der Waals surface area contributed by atoms with Gasteiger partial charge < -0.3 is 33.8 Å². The van der Waals surface area contributed by atoms with Crippen LogP contribution in [-0.2, 0) is 65.4 Å². The Morgan fingerprint density at radius 2 is 0.490 bits per heavy atom. The summed E-state index contributed by atoms with van der Waals surface area (Å²) in [4.78, 5) is 73.2. The van der Waals surface area contributed by atoms with Crippen molar-refractivity contribution in [2.75, 3.05) is 39.6 Å². The van der Waals surface area contributed by atoms with Crippen molar-refractivity contribution in [3.05, 3.63) is 0 Å². The second kappa shape index (κ2) is 75.1. The van der Waals surface area contributed by atoms with Crippen LogP contribution in [0.2, 0.25) is 0 Å². The highest BCUT2D eigenvalue weighted by molar-refractivity contribution is 7.47. The fourth-order valence-electron chi connectivity index (χ4n) is 13.2. The van der Waals surface area contributed by atoms with Gasteiger partial charge in [-0.3, -0.25) is 37.3 Å². The van der Waals surface area contributed by atoms with Gasteiger partial charge in [0, 0.05) is 25.7 Å². The molecule has 0 aliphatic carbocycles. The molecule has 3 N–H and O–H groups in total. The number of hydrogen-bond donors (Lipinski definition) is 3. The largest absolute Gasteiger partial charge is 0.472 e. The molecule has 0 radical (unpaired) electrons. The molecule has 0 heterocycles. The maximum Gasteiger partial charge on any atom is 0.472 e. The first-order valence-electron chi connectivity index (χ1n) is 43.9. The summed E-state index contributed by atoms with van der Waals surface area (Å²) in [7, 11) is -9.93. The number of carbonyl (C=O) groups excluding carboxylic acids is 4. The van der Waals surface area contributed by atoms with Crippen LogP contribution in [0.3, 0.4) is 0 Å². The van der Waals surface area contributed by atoms with Crippen LogP contribution in [0.5, 0.6) is 0 Å². The molecule has 0 aromatic rings. The summed E-state index contributed by atoms with van der Waals surface area (Å²) in [6, 6.07) is 0. The second-order valence-electron chi connectivity index (χ2n) is 31.8. The molecule has 0 aliphatic heterocycles. The summed E-state index contributed by atoms with van der Waals surface area (Å²) in [5, 5.41) is 10.7. The molecule has 618 valence electrons. The van der Waals surface area contributed by atoms with Gasteiger partial charge in [-0.25, -0.2) is 9.13 Å². The summed E-state index contributed by atoms with van der Waals surface area (Å²) < 4.78 is 68.9. The summed E-state index contributed by atoms with van der Waals surface area (Å²) in [5.74, 6) is 0.229. The molecular formula is C85H166O17P2. The van der Waals surface area contributed by atoms with Gasteiger partial charge in [-0.2, -0.15) is 0 Å². The van der Waals surface area contributed by atoms with Gasteiger partial charge in [0.1, 0.15) is 19.3 Å². The van der Waals surface area contributed by atoms with Crippen LogP contribution in [0.15, 0.2) is 0 Å². The lowest BCUT2D eigenvalue weighted by atomic mass is 9.99. The summed E-state index contributed by atoms with van der Waals surface area (Å²) in [6.45, 7) is 12.0. The van der Waals surface area contributed by atoms with E-state index in [9.17, 15) is 43.2 Å². The number of phosphoric acid groups is 2. The predicted molar refractivity (Wildman–Crippen MR) is 428 cm³/mol. The second-order valence-corrected chi connectivity index (χ2v) is 34.7. The van der Waals surface area contributed by atoms with Crippen LogP contribution in [-0.4, -0.2) is 96.7 Å². The number of hydrogen-bond acceptors (Lipinski definition) is 15. The maximum atomic E-state index is 13.1. The highest BCUT2D eigenvalue weighted by Gasteiger charge is 2.30. The van der Waals surface area contributed by atoms with Gasteiger partial charge in [0.05, 0.1) is 26.4 Å². The molecule has 0 saturated heterocycles. The minimum absolute atomic E-state index is 0.106. The van der Waals surface area contributed by atoms with Crippen molar-refractivity contribution in [1.82, 2.24) is 0 Å². The lowest BCUT2D eigenvalue weighted by molar-refractivity contribution is -0.161. The van der Waals surface area contributed by atoms with Crippen LogP contribution < -0.4 is 0 Å². The molecule has 104 heavy (non-hydrogen) atoms. The maximum absolute atomic E-state index is 13.1. The van der Waals surface area contributed by atoms with Gasteiger partial charge in [0.2, 0.25) is 0 Å². The molecule has 0 amide bonds. The van der Waals surface area contributed by atoms with Gasteiger partial charge >= 0.3 is 39.5 Å². The van der Waals surface area contributed by atoms with E-state index in [0.29, 0.717) is 25.7 Å². The first-order valence-corrected chi connectivity index (χ1v) is 46.9. The number of carbonyl (C=O) groups is 4. The SMILES string of the molecule is CCCCCCCCCCCCCCCCCCCCCCCCC(=O)O[C@H](COC(=O)CCCCCCCCCCCCCCC(C)C)COP(=O)(O)OC[C@@H](O)COP(=O)(O)OC[C@@H](COC(=O)CCCCCCCCCCC(C)CC)OC(=O)CCCCCCCCCCCCCCC(C)C. The quantitative estimate of drug-likeness (QED) is 0.0222. The average molecular weight is 1520 g/mol. The molecule has 6 atom stereocenters. The molecule has 17 nitrogen and oxygen atoms in total. The lowest BCUT2D eigenvalue weighted by Crippen LogP contribution is -2.30. The number of esters is 4. The van der Waals surface area contributed by atoms with Crippen molar-refractivity contribution in [1.29, 1.82) is 0 Å². The topological polar surface area (TPSA) is 237 Å². The van der Waals surface area contributed by atoms with Gasteiger partial charge in [0.25, 0.3) is 0 Å². The van der Waals surface area contributed by atoms with Crippen molar-refractivity contribution < 1.29 is 80.2 Å². The Hall–Kier alpha value is -1.94. The zero-order valence-corrected chi connectivity index (χ0v) is 70.3. The van der Waals surface area contributed by atoms with E-state index in [1.807, 2.05) is 0 Å². The Morgan fingerprint density at radius 3 is 0.731 bits per heavy atom. The summed E-state index contributed by atoms with van der Waals surface area (Å²) in [5.41, 5.74) is 0. The fraction of sp³-hybridized carbons (Fsp3) is 0.953. The van der Waals surface area contributed by atoms with Crippen molar-refractivity contribution in [3.8, 4) is 0 Å². The summed E-state index contributed by atoms with van der Waals surface area (Å²) in [6.07, 6.45) is 65.2. The van der Waals surface area contributed by atoms with Gasteiger partial charge in [-0.1, -0.05) is 395 Å². The smallest absolute Gasteiger partial charge is 0.462 e. The van der Waals surface area contributed by atoms with Gasteiger partial charge in [-0.05, 0) is 43.4 Å². The van der Waals surface area contributed by atoms with Crippen LogP contribution in [0.25, 0.3) is 0 Å². The zero-order valence-electron chi connectivity index (χ0n) is 68.5. The fourth-order valence-corrected chi connectivity index (χ4v) is 14.7. The Labute approximate surface area is 638 Å². The first-order chi connectivity index (χ1) is 50.3. The van der Waals surface area contributed by atoms with Crippen molar-refractivity contribution in [3.63, 3.8) is 0 Å². The molecule has 0 rings (SSSR count). The Morgan fingerprint density at radius 1 is 0.279 bits per heavy atom. The molecule has 19 heteroatoms. The Kier molecular flexibility index (Phi) is 73.7. The highest BCUT2D eigenvalue weighted by atomic mass is 31.2. The molecular weight excluding hydrogens is 1350 g/mol. The van der Waals surface area contributed by atoms with Crippen molar-refractivity contribution in [2.45, 2.75) is 465 Å². The van der Waals surface area contributed by atoms with Crippen LogP contribution in [0.1, 0.15) is 447 Å².